The lowest BCUT2D eigenvalue weighted by Crippen LogP contribution is -2.32. The number of aromatic nitrogens is 2. The predicted octanol–water partition coefficient (Wildman–Crippen LogP) is 2.86. The third-order valence-corrected chi connectivity index (χ3v) is 3.84. The maximum absolute atomic E-state index is 12.3. The number of anilines is 1. The number of nitrogens with zero attached hydrogens (tertiary/aromatic N) is 2. The molecule has 3 aromatic rings. The van der Waals surface area contributed by atoms with Crippen molar-refractivity contribution in [2.75, 3.05) is 5.32 Å². The average molecular weight is 331 g/mol. The highest BCUT2D eigenvalue weighted by atomic mass is 32.1. The van der Waals surface area contributed by atoms with Gasteiger partial charge in [-0.3, -0.25) is 10.1 Å². The van der Waals surface area contributed by atoms with Gasteiger partial charge in [0.15, 0.2) is 23.2 Å². The third kappa shape index (κ3) is 3.21. The van der Waals surface area contributed by atoms with Crippen LogP contribution in [0.4, 0.5) is 5.13 Å². The van der Waals surface area contributed by atoms with Crippen molar-refractivity contribution in [1.82, 2.24) is 9.97 Å². The van der Waals surface area contributed by atoms with E-state index in [-0.39, 0.29) is 5.56 Å². The van der Waals surface area contributed by atoms with Gasteiger partial charge in [0.2, 0.25) is 0 Å². The molecule has 0 aliphatic carbocycles. The second-order valence-corrected chi connectivity index (χ2v) is 5.53. The van der Waals surface area contributed by atoms with Crippen molar-refractivity contribution in [2.45, 2.75) is 19.4 Å². The van der Waals surface area contributed by atoms with E-state index in [1.165, 1.54) is 17.7 Å². The van der Waals surface area contributed by atoms with Gasteiger partial charge in [-0.15, -0.1) is 11.3 Å². The van der Waals surface area contributed by atoms with E-state index in [4.69, 9.17) is 9.15 Å². The van der Waals surface area contributed by atoms with Crippen LogP contribution in [0.1, 0.15) is 23.7 Å². The molecule has 118 valence electrons. The van der Waals surface area contributed by atoms with Crippen LogP contribution in [0.3, 0.4) is 0 Å². The highest BCUT2D eigenvalue weighted by Gasteiger charge is 2.24. The minimum Gasteiger partial charge on any atom is -0.449 e. The average Bonchev–Trinajstić information content (AvgIpc) is 3.22. The number of amides is 1. The number of fused-ring (bicyclic) bond motifs is 1. The number of hydrogen-bond acceptors (Lipinski definition) is 7. The zero-order valence-corrected chi connectivity index (χ0v) is 13.0. The van der Waals surface area contributed by atoms with E-state index in [1.807, 2.05) is 0 Å². The smallest absolute Gasteiger partial charge is 0.341 e. The summed E-state index contributed by atoms with van der Waals surface area (Å²) in [4.78, 5) is 32.5. The minimum atomic E-state index is -0.909. The Kier molecular flexibility index (Phi) is 4.33. The van der Waals surface area contributed by atoms with E-state index in [0.717, 1.165) is 0 Å². The van der Waals surface area contributed by atoms with Crippen LogP contribution in [0.15, 0.2) is 40.6 Å². The van der Waals surface area contributed by atoms with Crippen molar-refractivity contribution in [3.63, 3.8) is 0 Å². The van der Waals surface area contributed by atoms with Gasteiger partial charge >= 0.3 is 5.97 Å². The minimum absolute atomic E-state index is 0.261. The first-order chi connectivity index (χ1) is 11.2. The Bertz CT molecular complexity index is 828. The van der Waals surface area contributed by atoms with Gasteiger partial charge in [-0.2, -0.15) is 0 Å². The second kappa shape index (κ2) is 6.57. The summed E-state index contributed by atoms with van der Waals surface area (Å²) in [6.07, 6.45) is 2.28. The number of ether oxygens (including phenoxy) is 1. The molecule has 0 aliphatic heterocycles. The first-order valence-corrected chi connectivity index (χ1v) is 7.80. The Morgan fingerprint density at radius 1 is 1.39 bits per heavy atom. The molecule has 3 rings (SSSR count). The maximum atomic E-state index is 12.3. The number of oxazole rings is 1. The first-order valence-electron chi connectivity index (χ1n) is 6.92. The molecule has 1 N–H and O–H groups in total. The molecule has 0 aliphatic rings. The fraction of sp³-hybridized carbons (Fsp3) is 0.200. The van der Waals surface area contributed by atoms with E-state index >= 15 is 0 Å². The van der Waals surface area contributed by atoms with E-state index in [1.54, 1.807) is 36.7 Å². The summed E-state index contributed by atoms with van der Waals surface area (Å²) in [5.74, 6) is -1.03. The van der Waals surface area contributed by atoms with Gasteiger partial charge in [-0.25, -0.2) is 14.8 Å². The summed E-state index contributed by atoms with van der Waals surface area (Å²) in [5.41, 5.74) is 1.16. The summed E-state index contributed by atoms with van der Waals surface area (Å²) in [6.45, 7) is 1.76. The van der Waals surface area contributed by atoms with Gasteiger partial charge in [-0.1, -0.05) is 13.0 Å². The van der Waals surface area contributed by atoms with Gasteiger partial charge in [0, 0.05) is 11.6 Å². The lowest BCUT2D eigenvalue weighted by Gasteiger charge is -2.15. The molecular formula is C15H13N3O4S. The third-order valence-electron chi connectivity index (χ3n) is 3.16. The Morgan fingerprint density at radius 3 is 3.00 bits per heavy atom. The summed E-state index contributed by atoms with van der Waals surface area (Å²) in [7, 11) is 0. The zero-order valence-electron chi connectivity index (χ0n) is 12.2. The molecule has 1 aromatic carbocycles. The number of carbonyl (C=O) groups excluding carboxylic acids is 2. The molecule has 1 amide bonds. The Balaban J connectivity index is 1.74. The Hall–Kier alpha value is -2.74. The molecule has 1 unspecified atom stereocenters. The largest absolute Gasteiger partial charge is 0.449 e. The molecule has 0 bridgehead atoms. The number of hydrogen-bond donors (Lipinski definition) is 1. The van der Waals surface area contributed by atoms with Crippen molar-refractivity contribution in [1.29, 1.82) is 0 Å². The van der Waals surface area contributed by atoms with Crippen molar-refractivity contribution in [2.24, 2.45) is 0 Å². The highest BCUT2D eigenvalue weighted by Crippen LogP contribution is 2.19. The quantitative estimate of drug-likeness (QED) is 0.722. The van der Waals surface area contributed by atoms with Crippen LogP contribution < -0.4 is 5.32 Å². The lowest BCUT2D eigenvalue weighted by atomic mass is 10.2. The van der Waals surface area contributed by atoms with Gasteiger partial charge in [0.05, 0.1) is 5.56 Å². The number of para-hydroxylation sites is 1. The molecule has 0 fully saturated rings. The van der Waals surface area contributed by atoms with Gasteiger partial charge in [0.25, 0.3) is 5.91 Å². The normalized spacial score (nSPS) is 12.0. The first kappa shape index (κ1) is 15.2. The van der Waals surface area contributed by atoms with Crippen molar-refractivity contribution in [3.05, 3.63) is 41.7 Å². The van der Waals surface area contributed by atoms with Crippen molar-refractivity contribution < 1.29 is 18.7 Å². The highest BCUT2D eigenvalue weighted by molar-refractivity contribution is 7.13. The van der Waals surface area contributed by atoms with Crippen LogP contribution in [0.5, 0.6) is 0 Å². The molecule has 7 nitrogen and oxygen atoms in total. The summed E-state index contributed by atoms with van der Waals surface area (Å²) >= 11 is 1.29. The number of nitrogens with one attached hydrogen (secondary N) is 1. The fourth-order valence-corrected chi connectivity index (χ4v) is 2.57. The van der Waals surface area contributed by atoms with Gasteiger partial charge in [-0.05, 0) is 18.6 Å². The number of esters is 1. The number of carbonyl (C=O) groups is 2. The van der Waals surface area contributed by atoms with E-state index < -0.39 is 18.0 Å². The Labute approximate surface area is 135 Å². The van der Waals surface area contributed by atoms with Gasteiger partial charge in [0.1, 0.15) is 5.52 Å². The number of rotatable bonds is 5. The van der Waals surface area contributed by atoms with Crippen molar-refractivity contribution >= 4 is 39.4 Å². The maximum Gasteiger partial charge on any atom is 0.341 e. The van der Waals surface area contributed by atoms with Crippen LogP contribution in [0.25, 0.3) is 11.1 Å². The molecule has 2 heterocycles. The number of benzene rings is 1. The molecule has 0 radical (unpaired) electrons. The second-order valence-electron chi connectivity index (χ2n) is 4.63. The molecule has 0 saturated carbocycles. The number of thiazole rings is 1. The predicted molar refractivity (Wildman–Crippen MR) is 84.2 cm³/mol. The van der Waals surface area contributed by atoms with Gasteiger partial charge < -0.3 is 9.15 Å². The topological polar surface area (TPSA) is 94.3 Å². The molecule has 0 spiro atoms. The lowest BCUT2D eigenvalue weighted by molar-refractivity contribution is -0.124. The van der Waals surface area contributed by atoms with E-state index in [9.17, 15) is 9.59 Å². The molecule has 2 aromatic heterocycles. The van der Waals surface area contributed by atoms with E-state index in [2.05, 4.69) is 15.3 Å². The van der Waals surface area contributed by atoms with Crippen LogP contribution in [0, 0.1) is 0 Å². The summed E-state index contributed by atoms with van der Waals surface area (Å²) < 4.78 is 10.5. The molecule has 1 atom stereocenters. The summed E-state index contributed by atoms with van der Waals surface area (Å²) in [6, 6.07) is 4.95. The van der Waals surface area contributed by atoms with Crippen LogP contribution >= 0.6 is 11.3 Å². The molecule has 23 heavy (non-hydrogen) atoms. The van der Waals surface area contributed by atoms with E-state index in [0.29, 0.717) is 22.7 Å². The Morgan fingerprint density at radius 2 is 2.26 bits per heavy atom. The van der Waals surface area contributed by atoms with Crippen LogP contribution in [0.2, 0.25) is 0 Å². The zero-order chi connectivity index (χ0) is 16.2. The van der Waals surface area contributed by atoms with Crippen LogP contribution in [-0.4, -0.2) is 27.9 Å². The summed E-state index contributed by atoms with van der Waals surface area (Å²) in [5, 5.41) is 4.82. The molecule has 8 heteroatoms. The fourth-order valence-electron chi connectivity index (χ4n) is 2.04. The standard InChI is InChI=1S/C15H13N3O4S/c1-2-10(13(19)18-15-16-6-7-23-15)22-14(20)9-4-3-5-11-12(9)17-8-21-11/h3-8,10H,2H2,1H3,(H,16,18,19). The monoisotopic (exact) mass is 331 g/mol. The molecule has 0 saturated heterocycles. The van der Waals surface area contributed by atoms with Crippen molar-refractivity contribution in [3.8, 4) is 0 Å². The van der Waals surface area contributed by atoms with Crippen LogP contribution in [-0.2, 0) is 9.53 Å². The molecular weight excluding hydrogens is 318 g/mol. The SMILES string of the molecule is CCC(OC(=O)c1cccc2ocnc12)C(=O)Nc1nccs1.